The van der Waals surface area contributed by atoms with Gasteiger partial charge < -0.3 is 14.6 Å². The first-order valence-corrected chi connectivity index (χ1v) is 11.0. The van der Waals surface area contributed by atoms with Crippen LogP contribution in [0.3, 0.4) is 0 Å². The molecule has 0 radical (unpaired) electrons. The van der Waals surface area contributed by atoms with Gasteiger partial charge in [-0.25, -0.2) is 4.98 Å². The number of aliphatic carboxylic acids is 1. The molecule has 6 heteroatoms. The van der Waals surface area contributed by atoms with Gasteiger partial charge in [0.25, 0.3) is 0 Å². The van der Waals surface area contributed by atoms with E-state index in [0.717, 1.165) is 58.7 Å². The Bertz CT molecular complexity index is 950. The molecule has 0 amide bonds. The van der Waals surface area contributed by atoms with E-state index < -0.39 is 5.97 Å². The molecule has 0 spiro atoms. The number of carbonyl (C=O) groups is 1. The molecule has 1 heterocycles. The number of hydrogen-bond donors (Lipinski definition) is 0. The van der Waals surface area contributed by atoms with Crippen LogP contribution in [0, 0.1) is 0 Å². The first-order valence-electron chi connectivity index (χ1n) is 10.0. The molecule has 2 aromatic carbocycles. The van der Waals surface area contributed by atoms with Crippen molar-refractivity contribution in [2.24, 2.45) is 0 Å². The zero-order valence-electron chi connectivity index (χ0n) is 17.7. The molecular weight excluding hydrogens is 405 g/mol. The van der Waals surface area contributed by atoms with Crippen LogP contribution in [0.4, 0.5) is 0 Å². The zero-order valence-corrected chi connectivity index (χ0v) is 20.5. The normalized spacial score (nSPS) is 10.6. The minimum Gasteiger partial charge on any atom is -0.550 e. The Morgan fingerprint density at radius 2 is 1.73 bits per heavy atom. The predicted octanol–water partition coefficient (Wildman–Crippen LogP) is 2.10. The van der Waals surface area contributed by atoms with Crippen molar-refractivity contribution in [1.29, 1.82) is 0 Å². The molecule has 0 N–H and O–H groups in total. The maximum Gasteiger partial charge on any atom is 1.00 e. The number of nitrogens with zero attached hydrogens (tertiary/aromatic N) is 1. The number of hydrogen-bond acceptors (Lipinski definition) is 5. The second kappa shape index (κ2) is 13.0. The Kier molecular flexibility index (Phi) is 10.7. The third-order valence-electron chi connectivity index (χ3n) is 4.84. The fourth-order valence-electron chi connectivity index (χ4n) is 3.26. The fourth-order valence-corrected chi connectivity index (χ4v) is 4.30. The minimum absolute atomic E-state index is 0. The van der Waals surface area contributed by atoms with Crippen LogP contribution in [0.15, 0.2) is 59.6 Å². The van der Waals surface area contributed by atoms with Crippen molar-refractivity contribution in [2.75, 3.05) is 12.9 Å². The number of rotatable bonds is 11. The average molecular weight is 432 g/mol. The SMILES string of the molecule is COc1ccc2cc(-c3ccccc3)c(SCCCCCCCC(=O)[O-])nc2c1.[Na+]. The largest absolute Gasteiger partial charge is 1.00 e. The van der Waals surface area contributed by atoms with E-state index in [4.69, 9.17) is 9.72 Å². The summed E-state index contributed by atoms with van der Waals surface area (Å²) >= 11 is 1.78. The molecule has 4 nitrogen and oxygen atoms in total. The van der Waals surface area contributed by atoms with E-state index in [2.05, 4.69) is 36.4 Å². The maximum atomic E-state index is 10.4. The maximum absolute atomic E-state index is 10.4. The van der Waals surface area contributed by atoms with Crippen molar-refractivity contribution >= 4 is 28.6 Å². The van der Waals surface area contributed by atoms with Crippen LogP contribution in [0.5, 0.6) is 5.75 Å². The first kappa shape index (κ1) is 24.7. The van der Waals surface area contributed by atoms with Crippen molar-refractivity contribution in [2.45, 2.75) is 43.6 Å². The quantitative estimate of drug-likeness (QED) is 0.264. The summed E-state index contributed by atoms with van der Waals surface area (Å²) < 4.78 is 5.35. The molecule has 0 atom stereocenters. The van der Waals surface area contributed by atoms with E-state index in [9.17, 15) is 9.90 Å². The van der Waals surface area contributed by atoms with Crippen LogP contribution in [0.1, 0.15) is 38.5 Å². The zero-order chi connectivity index (χ0) is 20.5. The monoisotopic (exact) mass is 431 g/mol. The number of aromatic nitrogens is 1. The summed E-state index contributed by atoms with van der Waals surface area (Å²) in [6.07, 6.45) is 5.06. The standard InChI is InChI=1S/C24H27NO3S.Na/c1-28-20-14-13-19-16-21(18-10-6-5-7-11-18)24(25-22(19)17-20)29-15-9-4-2-3-8-12-23(26)27;/h5-7,10-11,13-14,16-17H,2-4,8-9,12,15H2,1H3,(H,26,27);/q;+1/p-1. The fraction of sp³-hybridized carbons (Fsp3) is 0.333. The molecule has 3 rings (SSSR count). The molecule has 0 saturated heterocycles. The average Bonchev–Trinajstić information content (AvgIpc) is 2.75. The summed E-state index contributed by atoms with van der Waals surface area (Å²) in [4.78, 5) is 15.4. The van der Waals surface area contributed by atoms with E-state index in [0.29, 0.717) is 6.42 Å². The van der Waals surface area contributed by atoms with E-state index in [1.54, 1.807) is 18.9 Å². The number of pyridine rings is 1. The third kappa shape index (κ3) is 7.31. The van der Waals surface area contributed by atoms with Crippen LogP contribution >= 0.6 is 11.8 Å². The Morgan fingerprint density at radius 1 is 1.00 bits per heavy atom. The molecule has 152 valence electrons. The molecule has 30 heavy (non-hydrogen) atoms. The van der Waals surface area contributed by atoms with Gasteiger partial charge in [-0.05, 0) is 48.8 Å². The van der Waals surface area contributed by atoms with Gasteiger partial charge in [0.15, 0.2) is 0 Å². The third-order valence-corrected chi connectivity index (χ3v) is 5.92. The van der Waals surface area contributed by atoms with Crippen molar-refractivity contribution < 1.29 is 44.2 Å². The number of thioether (sulfide) groups is 1. The van der Waals surface area contributed by atoms with E-state index in [1.807, 2.05) is 18.2 Å². The molecule has 0 unspecified atom stereocenters. The summed E-state index contributed by atoms with van der Waals surface area (Å²) in [7, 11) is 1.67. The van der Waals surface area contributed by atoms with Gasteiger partial charge in [0.05, 0.1) is 12.6 Å². The van der Waals surface area contributed by atoms with Crippen LogP contribution in [0.25, 0.3) is 22.0 Å². The molecule has 0 aliphatic heterocycles. The number of carboxylic acids is 1. The molecule has 0 bridgehead atoms. The molecule has 0 fully saturated rings. The Labute approximate surface area is 204 Å². The Hall–Kier alpha value is -1.53. The van der Waals surface area contributed by atoms with Gasteiger partial charge in [-0.15, -0.1) is 11.8 Å². The first-order chi connectivity index (χ1) is 14.2. The number of unbranched alkanes of at least 4 members (excludes halogenated alkanes) is 4. The molecule has 0 aliphatic carbocycles. The Balaban J connectivity index is 0.00000320. The van der Waals surface area contributed by atoms with Crippen LogP contribution in [0.2, 0.25) is 0 Å². The van der Waals surface area contributed by atoms with Gasteiger partial charge in [-0.1, -0.05) is 49.6 Å². The van der Waals surface area contributed by atoms with E-state index in [-0.39, 0.29) is 36.0 Å². The molecule has 1 aromatic heterocycles. The van der Waals surface area contributed by atoms with Crippen molar-refractivity contribution in [1.82, 2.24) is 4.98 Å². The summed E-state index contributed by atoms with van der Waals surface area (Å²) in [5.41, 5.74) is 3.26. The number of fused-ring (bicyclic) bond motifs is 1. The summed E-state index contributed by atoms with van der Waals surface area (Å²) in [5, 5.41) is 12.6. The summed E-state index contributed by atoms with van der Waals surface area (Å²) in [6, 6.07) is 18.6. The number of carboxylic acid groups (broad SMARTS) is 1. The summed E-state index contributed by atoms with van der Waals surface area (Å²) in [5.74, 6) is 0.848. The summed E-state index contributed by atoms with van der Waals surface area (Å²) in [6.45, 7) is 0. The number of methoxy groups -OCH3 is 1. The van der Waals surface area contributed by atoms with Gasteiger partial charge >= 0.3 is 29.6 Å². The van der Waals surface area contributed by atoms with Crippen molar-refractivity contribution in [3.63, 3.8) is 0 Å². The molecule has 0 saturated carbocycles. The van der Waals surface area contributed by atoms with E-state index in [1.165, 1.54) is 5.56 Å². The van der Waals surface area contributed by atoms with Crippen molar-refractivity contribution in [3.05, 3.63) is 54.6 Å². The van der Waals surface area contributed by atoms with Crippen LogP contribution in [-0.4, -0.2) is 23.8 Å². The van der Waals surface area contributed by atoms with Crippen LogP contribution < -0.4 is 39.4 Å². The topological polar surface area (TPSA) is 62.2 Å². The number of ether oxygens (including phenoxy) is 1. The van der Waals surface area contributed by atoms with Gasteiger partial charge in [0.2, 0.25) is 0 Å². The second-order valence-electron chi connectivity index (χ2n) is 7.00. The molecule has 0 aliphatic rings. The number of benzene rings is 2. The molecular formula is C24H26NNaO3S. The number of carbonyl (C=O) groups excluding carboxylic acids is 1. The smallest absolute Gasteiger partial charge is 0.550 e. The van der Waals surface area contributed by atoms with Gasteiger partial charge in [-0.2, -0.15) is 0 Å². The van der Waals surface area contributed by atoms with Crippen molar-refractivity contribution in [3.8, 4) is 16.9 Å². The second-order valence-corrected chi connectivity index (χ2v) is 8.09. The van der Waals surface area contributed by atoms with Gasteiger partial charge in [0, 0.05) is 23.0 Å². The van der Waals surface area contributed by atoms with Crippen LogP contribution in [-0.2, 0) is 4.79 Å². The van der Waals surface area contributed by atoms with Gasteiger partial charge in [-0.3, -0.25) is 0 Å². The Morgan fingerprint density at radius 3 is 2.47 bits per heavy atom. The van der Waals surface area contributed by atoms with Gasteiger partial charge in [0.1, 0.15) is 10.8 Å². The minimum atomic E-state index is -0.951. The van der Waals surface area contributed by atoms with E-state index >= 15 is 0 Å². The molecule has 3 aromatic rings. The predicted molar refractivity (Wildman–Crippen MR) is 117 cm³/mol.